The van der Waals surface area contributed by atoms with Crippen LogP contribution in [0.5, 0.6) is 11.5 Å². The molecule has 0 fully saturated rings. The molecule has 6 nitrogen and oxygen atoms in total. The van der Waals surface area contributed by atoms with Crippen LogP contribution >= 0.6 is 0 Å². The van der Waals surface area contributed by atoms with Gasteiger partial charge in [0.15, 0.2) is 11.5 Å². The Morgan fingerprint density at radius 2 is 1.91 bits per heavy atom. The monoisotopic (exact) mass is 306 g/mol. The number of carboxylic acid groups (broad SMARTS) is 1. The minimum absolute atomic E-state index is 0.143. The van der Waals surface area contributed by atoms with E-state index in [0.717, 1.165) is 16.9 Å². The van der Waals surface area contributed by atoms with Gasteiger partial charge in [0.05, 0.1) is 25.3 Å². The standard InChI is InChI=1S/C16H22N2O4/c1-10(2)16-17-11-8-13(21-3)14(22-4)9-12(11)18(16)7-5-6-15(19)20/h8-10H,5-7H2,1-4H3,(H,19,20). The Morgan fingerprint density at radius 1 is 1.27 bits per heavy atom. The lowest BCUT2D eigenvalue weighted by Gasteiger charge is -2.12. The van der Waals surface area contributed by atoms with Gasteiger partial charge in [0.25, 0.3) is 0 Å². The molecule has 0 radical (unpaired) electrons. The molecule has 0 amide bonds. The number of ether oxygens (including phenoxy) is 2. The van der Waals surface area contributed by atoms with Crippen LogP contribution in [0.1, 0.15) is 38.4 Å². The molecule has 6 heteroatoms. The number of hydrogen-bond donors (Lipinski definition) is 1. The second-order valence-corrected chi connectivity index (χ2v) is 5.47. The summed E-state index contributed by atoms with van der Waals surface area (Å²) in [5.41, 5.74) is 1.77. The highest BCUT2D eigenvalue weighted by atomic mass is 16.5. The fourth-order valence-corrected chi connectivity index (χ4v) is 2.53. The lowest BCUT2D eigenvalue weighted by atomic mass is 10.2. The van der Waals surface area contributed by atoms with Crippen molar-refractivity contribution >= 4 is 17.0 Å². The molecule has 1 aromatic carbocycles. The Kier molecular flexibility index (Phi) is 4.90. The first-order valence-electron chi connectivity index (χ1n) is 7.31. The quantitative estimate of drug-likeness (QED) is 0.851. The summed E-state index contributed by atoms with van der Waals surface area (Å²) < 4.78 is 12.7. The molecule has 22 heavy (non-hydrogen) atoms. The van der Waals surface area contributed by atoms with Crippen molar-refractivity contribution in [3.8, 4) is 11.5 Å². The van der Waals surface area contributed by atoms with Gasteiger partial charge in [-0.25, -0.2) is 4.98 Å². The number of carboxylic acids is 1. The van der Waals surface area contributed by atoms with Crippen LogP contribution in [-0.2, 0) is 11.3 Å². The molecular weight excluding hydrogens is 284 g/mol. The zero-order valence-corrected chi connectivity index (χ0v) is 13.4. The van der Waals surface area contributed by atoms with E-state index in [1.807, 2.05) is 12.1 Å². The number of aliphatic carboxylic acids is 1. The van der Waals surface area contributed by atoms with Crippen LogP contribution in [0.3, 0.4) is 0 Å². The molecule has 1 heterocycles. The summed E-state index contributed by atoms with van der Waals surface area (Å²) in [5.74, 6) is 1.69. The minimum Gasteiger partial charge on any atom is -0.493 e. The van der Waals surface area contributed by atoms with E-state index in [-0.39, 0.29) is 12.3 Å². The van der Waals surface area contributed by atoms with Crippen molar-refractivity contribution in [1.29, 1.82) is 0 Å². The maximum atomic E-state index is 10.7. The summed E-state index contributed by atoms with van der Waals surface area (Å²) in [7, 11) is 3.19. The maximum absolute atomic E-state index is 10.7. The van der Waals surface area contributed by atoms with Gasteiger partial charge < -0.3 is 19.1 Å². The van der Waals surface area contributed by atoms with Gasteiger partial charge in [-0.05, 0) is 6.42 Å². The normalized spacial score (nSPS) is 11.1. The molecule has 1 N–H and O–H groups in total. The third-order valence-electron chi connectivity index (χ3n) is 3.57. The van der Waals surface area contributed by atoms with Gasteiger partial charge in [0.1, 0.15) is 5.82 Å². The van der Waals surface area contributed by atoms with Crippen molar-refractivity contribution in [2.75, 3.05) is 14.2 Å². The van der Waals surface area contributed by atoms with Crippen molar-refractivity contribution in [1.82, 2.24) is 9.55 Å². The molecule has 0 saturated carbocycles. The molecule has 0 spiro atoms. The number of methoxy groups -OCH3 is 2. The van der Waals surface area contributed by atoms with Crippen LogP contribution in [0.25, 0.3) is 11.0 Å². The predicted molar refractivity (Wildman–Crippen MR) is 83.8 cm³/mol. The summed E-state index contributed by atoms with van der Waals surface area (Å²) in [6, 6.07) is 3.75. The number of rotatable bonds is 7. The Morgan fingerprint density at radius 3 is 2.45 bits per heavy atom. The third kappa shape index (κ3) is 3.16. The van der Waals surface area contributed by atoms with Crippen molar-refractivity contribution in [2.45, 2.75) is 39.2 Å². The number of benzene rings is 1. The average Bonchev–Trinajstić information content (AvgIpc) is 2.83. The van der Waals surface area contributed by atoms with Gasteiger partial charge in [-0.1, -0.05) is 13.8 Å². The summed E-state index contributed by atoms with van der Waals surface area (Å²) in [5, 5.41) is 8.82. The molecule has 2 aromatic rings. The fraction of sp³-hybridized carbons (Fsp3) is 0.500. The topological polar surface area (TPSA) is 73.6 Å². The number of nitrogens with zero attached hydrogens (tertiary/aromatic N) is 2. The Balaban J connectivity index is 2.49. The smallest absolute Gasteiger partial charge is 0.303 e. The van der Waals surface area contributed by atoms with Crippen molar-refractivity contribution in [2.24, 2.45) is 0 Å². The summed E-state index contributed by atoms with van der Waals surface area (Å²) in [6.07, 6.45) is 0.708. The SMILES string of the molecule is COc1cc2nc(C(C)C)n(CCCC(=O)O)c2cc1OC. The molecule has 0 unspecified atom stereocenters. The molecule has 0 aliphatic carbocycles. The minimum atomic E-state index is -0.783. The van der Waals surface area contributed by atoms with E-state index in [9.17, 15) is 4.79 Å². The molecule has 0 atom stereocenters. The van der Waals surface area contributed by atoms with E-state index in [4.69, 9.17) is 14.6 Å². The Hall–Kier alpha value is -2.24. The van der Waals surface area contributed by atoms with Crippen LogP contribution in [0.15, 0.2) is 12.1 Å². The summed E-state index contributed by atoms with van der Waals surface area (Å²) >= 11 is 0. The predicted octanol–water partition coefficient (Wildman–Crippen LogP) is 3.04. The lowest BCUT2D eigenvalue weighted by Crippen LogP contribution is -2.07. The second kappa shape index (κ2) is 6.68. The molecule has 0 saturated heterocycles. The van der Waals surface area contributed by atoms with Crippen LogP contribution < -0.4 is 9.47 Å². The first kappa shape index (κ1) is 16.1. The number of fused-ring (bicyclic) bond motifs is 1. The molecule has 1 aromatic heterocycles. The molecule has 0 aliphatic heterocycles. The van der Waals surface area contributed by atoms with Gasteiger partial charge in [-0.15, -0.1) is 0 Å². The third-order valence-corrected chi connectivity index (χ3v) is 3.57. The van der Waals surface area contributed by atoms with Crippen molar-refractivity contribution < 1.29 is 19.4 Å². The van der Waals surface area contributed by atoms with Gasteiger partial charge in [0.2, 0.25) is 0 Å². The number of hydrogen-bond acceptors (Lipinski definition) is 4. The van der Waals surface area contributed by atoms with Crippen LogP contribution in [-0.4, -0.2) is 34.8 Å². The molecule has 2 rings (SSSR count). The summed E-state index contributed by atoms with van der Waals surface area (Å²) in [4.78, 5) is 15.4. The lowest BCUT2D eigenvalue weighted by molar-refractivity contribution is -0.137. The number of aromatic nitrogens is 2. The van der Waals surface area contributed by atoms with Crippen LogP contribution in [0.2, 0.25) is 0 Å². The van der Waals surface area contributed by atoms with Crippen LogP contribution in [0, 0.1) is 0 Å². The highest BCUT2D eigenvalue weighted by Crippen LogP contribution is 2.33. The van der Waals surface area contributed by atoms with E-state index in [2.05, 4.69) is 23.4 Å². The van der Waals surface area contributed by atoms with Crippen LogP contribution in [0.4, 0.5) is 0 Å². The fourth-order valence-electron chi connectivity index (χ4n) is 2.53. The zero-order valence-electron chi connectivity index (χ0n) is 13.4. The molecule has 0 aliphatic rings. The molecule has 120 valence electrons. The second-order valence-electron chi connectivity index (χ2n) is 5.47. The van der Waals surface area contributed by atoms with E-state index in [0.29, 0.717) is 24.5 Å². The zero-order chi connectivity index (χ0) is 16.3. The number of aryl methyl sites for hydroxylation is 1. The van der Waals surface area contributed by atoms with E-state index >= 15 is 0 Å². The van der Waals surface area contributed by atoms with Gasteiger partial charge in [-0.3, -0.25) is 4.79 Å². The largest absolute Gasteiger partial charge is 0.493 e. The van der Waals surface area contributed by atoms with Crippen molar-refractivity contribution in [3.05, 3.63) is 18.0 Å². The highest BCUT2D eigenvalue weighted by Gasteiger charge is 2.17. The van der Waals surface area contributed by atoms with Crippen molar-refractivity contribution in [3.63, 3.8) is 0 Å². The molecular formula is C16H22N2O4. The Bertz CT molecular complexity index is 676. The van der Waals surface area contributed by atoms with E-state index in [1.54, 1.807) is 14.2 Å². The maximum Gasteiger partial charge on any atom is 0.303 e. The number of imidazole rings is 1. The van der Waals surface area contributed by atoms with E-state index in [1.165, 1.54) is 0 Å². The number of carbonyl (C=O) groups is 1. The molecule has 0 bridgehead atoms. The first-order valence-corrected chi connectivity index (χ1v) is 7.31. The average molecular weight is 306 g/mol. The Labute approximate surface area is 129 Å². The van der Waals surface area contributed by atoms with Gasteiger partial charge in [0, 0.05) is 31.0 Å². The van der Waals surface area contributed by atoms with Gasteiger partial charge >= 0.3 is 5.97 Å². The van der Waals surface area contributed by atoms with Gasteiger partial charge in [-0.2, -0.15) is 0 Å². The van der Waals surface area contributed by atoms with E-state index < -0.39 is 5.97 Å². The highest BCUT2D eigenvalue weighted by molar-refractivity contribution is 5.81. The summed E-state index contributed by atoms with van der Waals surface area (Å²) in [6.45, 7) is 4.76. The first-order chi connectivity index (χ1) is 10.5.